The predicted molar refractivity (Wildman–Crippen MR) is 98.4 cm³/mol. The maximum absolute atomic E-state index is 12.5. The molecule has 0 aromatic heterocycles. The monoisotopic (exact) mass is 384 g/mol. The molecule has 1 fully saturated rings. The molecule has 2 aromatic rings. The van der Waals surface area contributed by atoms with E-state index in [0.717, 1.165) is 19.4 Å². The SMILES string of the molecule is O=C(NNC(=O)c1ccccc1OCC1CCCO1)c1ccc2c(c1)OCO2. The number of benzene rings is 2. The lowest BCUT2D eigenvalue weighted by molar-refractivity contribution is 0.0669. The highest BCUT2D eigenvalue weighted by Gasteiger charge is 2.19. The number of carbonyl (C=O) groups is 2. The van der Waals surface area contributed by atoms with Crippen LogP contribution in [0.3, 0.4) is 0 Å². The van der Waals surface area contributed by atoms with Crippen LogP contribution in [0.4, 0.5) is 0 Å². The van der Waals surface area contributed by atoms with Crippen LogP contribution in [0.25, 0.3) is 0 Å². The molecule has 146 valence electrons. The van der Waals surface area contributed by atoms with Gasteiger partial charge in [-0.1, -0.05) is 12.1 Å². The normalized spacial score (nSPS) is 17.2. The highest BCUT2D eigenvalue weighted by molar-refractivity contribution is 6.00. The quantitative estimate of drug-likeness (QED) is 0.766. The molecule has 2 aliphatic rings. The Balaban J connectivity index is 1.36. The first-order valence-electron chi connectivity index (χ1n) is 9.04. The summed E-state index contributed by atoms with van der Waals surface area (Å²) in [6.07, 6.45) is 2.00. The van der Waals surface area contributed by atoms with Gasteiger partial charge in [0.1, 0.15) is 12.4 Å². The van der Waals surface area contributed by atoms with E-state index in [1.807, 2.05) is 0 Å². The molecule has 1 saturated heterocycles. The van der Waals surface area contributed by atoms with Crippen molar-refractivity contribution in [3.63, 3.8) is 0 Å². The molecule has 4 rings (SSSR count). The molecule has 0 saturated carbocycles. The average Bonchev–Trinajstić information content (AvgIpc) is 3.41. The first kappa shape index (κ1) is 18.1. The number of fused-ring (bicyclic) bond motifs is 1. The van der Waals surface area contributed by atoms with Crippen LogP contribution in [0.1, 0.15) is 33.6 Å². The lowest BCUT2D eigenvalue weighted by Gasteiger charge is -2.15. The lowest BCUT2D eigenvalue weighted by atomic mass is 10.2. The maximum Gasteiger partial charge on any atom is 0.273 e. The van der Waals surface area contributed by atoms with Gasteiger partial charge in [-0.3, -0.25) is 20.4 Å². The molecular weight excluding hydrogens is 364 g/mol. The molecule has 2 heterocycles. The number of amides is 2. The summed E-state index contributed by atoms with van der Waals surface area (Å²) in [6.45, 7) is 1.25. The van der Waals surface area contributed by atoms with Crippen molar-refractivity contribution in [2.24, 2.45) is 0 Å². The van der Waals surface area contributed by atoms with Crippen LogP contribution in [-0.4, -0.2) is 37.9 Å². The van der Waals surface area contributed by atoms with Crippen LogP contribution in [-0.2, 0) is 4.74 Å². The van der Waals surface area contributed by atoms with E-state index in [2.05, 4.69) is 10.9 Å². The predicted octanol–water partition coefficient (Wildman–Crippen LogP) is 2.05. The average molecular weight is 384 g/mol. The molecule has 8 nitrogen and oxygen atoms in total. The topological polar surface area (TPSA) is 95.1 Å². The summed E-state index contributed by atoms with van der Waals surface area (Å²) >= 11 is 0. The third-order valence-corrected chi connectivity index (χ3v) is 4.50. The minimum Gasteiger partial charge on any atom is -0.490 e. The highest BCUT2D eigenvalue weighted by Crippen LogP contribution is 2.32. The molecule has 0 spiro atoms. The Labute approximate surface area is 161 Å². The van der Waals surface area contributed by atoms with Gasteiger partial charge in [0, 0.05) is 12.2 Å². The summed E-state index contributed by atoms with van der Waals surface area (Å²) in [5.74, 6) is 0.569. The molecule has 1 atom stereocenters. The summed E-state index contributed by atoms with van der Waals surface area (Å²) < 4.78 is 21.8. The van der Waals surface area contributed by atoms with E-state index in [-0.39, 0.29) is 12.9 Å². The van der Waals surface area contributed by atoms with Crippen LogP contribution >= 0.6 is 0 Å². The summed E-state index contributed by atoms with van der Waals surface area (Å²) in [6, 6.07) is 11.7. The van der Waals surface area contributed by atoms with E-state index in [1.165, 1.54) is 0 Å². The zero-order chi connectivity index (χ0) is 19.3. The molecule has 2 amide bonds. The molecule has 1 unspecified atom stereocenters. The minimum absolute atomic E-state index is 0.0434. The van der Waals surface area contributed by atoms with Crippen LogP contribution in [0, 0.1) is 0 Å². The van der Waals surface area contributed by atoms with Crippen LogP contribution in [0.15, 0.2) is 42.5 Å². The standard InChI is InChI=1S/C20H20N2O6/c23-19(13-7-8-17-18(10-13)28-12-27-17)21-22-20(24)15-5-1-2-6-16(15)26-11-14-4-3-9-25-14/h1-2,5-8,10,14H,3-4,9,11-12H2,(H,21,23)(H,22,24). The molecule has 2 aromatic carbocycles. The summed E-state index contributed by atoms with van der Waals surface area (Å²) in [7, 11) is 0. The second-order valence-corrected chi connectivity index (χ2v) is 6.42. The smallest absolute Gasteiger partial charge is 0.273 e. The summed E-state index contributed by atoms with van der Waals surface area (Å²) in [4.78, 5) is 24.8. The van der Waals surface area contributed by atoms with E-state index < -0.39 is 11.8 Å². The number of rotatable bonds is 5. The Bertz CT molecular complexity index is 879. The summed E-state index contributed by atoms with van der Waals surface area (Å²) in [5.41, 5.74) is 5.47. The van der Waals surface area contributed by atoms with Gasteiger partial charge in [-0.2, -0.15) is 0 Å². The molecule has 0 radical (unpaired) electrons. The van der Waals surface area contributed by atoms with Gasteiger partial charge < -0.3 is 18.9 Å². The van der Waals surface area contributed by atoms with Gasteiger partial charge in [0.15, 0.2) is 11.5 Å². The Kier molecular flexibility index (Phi) is 5.29. The number of hydrogen-bond donors (Lipinski definition) is 2. The zero-order valence-corrected chi connectivity index (χ0v) is 15.1. The van der Waals surface area contributed by atoms with Crippen molar-refractivity contribution in [2.45, 2.75) is 18.9 Å². The van der Waals surface area contributed by atoms with E-state index in [4.69, 9.17) is 18.9 Å². The van der Waals surface area contributed by atoms with Gasteiger partial charge in [-0.15, -0.1) is 0 Å². The first-order chi connectivity index (χ1) is 13.7. The number of hydrazine groups is 1. The third-order valence-electron chi connectivity index (χ3n) is 4.50. The van der Waals surface area contributed by atoms with E-state index in [0.29, 0.717) is 35.0 Å². The molecule has 28 heavy (non-hydrogen) atoms. The Hall–Kier alpha value is -3.26. The minimum atomic E-state index is -0.475. The fraction of sp³-hybridized carbons (Fsp3) is 0.300. The molecular formula is C20H20N2O6. The second kappa shape index (κ2) is 8.18. The number of nitrogens with one attached hydrogen (secondary N) is 2. The Morgan fingerprint density at radius 3 is 2.71 bits per heavy atom. The van der Waals surface area contributed by atoms with Crippen molar-refractivity contribution in [3.05, 3.63) is 53.6 Å². The molecule has 0 aliphatic carbocycles. The third kappa shape index (κ3) is 4.01. The number of carbonyl (C=O) groups excluding carboxylic acids is 2. The van der Waals surface area contributed by atoms with Crippen molar-refractivity contribution in [3.8, 4) is 17.2 Å². The van der Waals surface area contributed by atoms with Gasteiger partial charge in [0.25, 0.3) is 11.8 Å². The van der Waals surface area contributed by atoms with Crippen LogP contribution < -0.4 is 25.1 Å². The molecule has 2 N–H and O–H groups in total. The lowest BCUT2D eigenvalue weighted by Crippen LogP contribution is -2.41. The molecule has 8 heteroatoms. The van der Waals surface area contributed by atoms with Crippen molar-refractivity contribution >= 4 is 11.8 Å². The fourth-order valence-electron chi connectivity index (χ4n) is 3.03. The zero-order valence-electron chi connectivity index (χ0n) is 15.1. The van der Waals surface area contributed by atoms with Crippen LogP contribution in [0.2, 0.25) is 0 Å². The van der Waals surface area contributed by atoms with E-state index in [1.54, 1.807) is 42.5 Å². The van der Waals surface area contributed by atoms with Gasteiger partial charge >= 0.3 is 0 Å². The first-order valence-corrected chi connectivity index (χ1v) is 9.04. The Morgan fingerprint density at radius 1 is 1.04 bits per heavy atom. The fourth-order valence-corrected chi connectivity index (χ4v) is 3.03. The van der Waals surface area contributed by atoms with E-state index in [9.17, 15) is 9.59 Å². The second-order valence-electron chi connectivity index (χ2n) is 6.42. The Morgan fingerprint density at radius 2 is 1.86 bits per heavy atom. The number of ether oxygens (including phenoxy) is 4. The van der Waals surface area contributed by atoms with Crippen LogP contribution in [0.5, 0.6) is 17.2 Å². The van der Waals surface area contributed by atoms with Gasteiger partial charge in [0.05, 0.1) is 11.7 Å². The van der Waals surface area contributed by atoms with Crippen molar-refractivity contribution in [2.75, 3.05) is 20.0 Å². The van der Waals surface area contributed by atoms with Gasteiger partial charge in [-0.25, -0.2) is 0 Å². The highest BCUT2D eigenvalue weighted by atomic mass is 16.7. The maximum atomic E-state index is 12.5. The molecule has 2 aliphatic heterocycles. The largest absolute Gasteiger partial charge is 0.490 e. The van der Waals surface area contributed by atoms with Crippen molar-refractivity contribution in [1.29, 1.82) is 0 Å². The van der Waals surface area contributed by atoms with Gasteiger partial charge in [0.2, 0.25) is 6.79 Å². The number of hydrogen-bond acceptors (Lipinski definition) is 6. The van der Waals surface area contributed by atoms with E-state index >= 15 is 0 Å². The van der Waals surface area contributed by atoms with Crippen molar-refractivity contribution in [1.82, 2.24) is 10.9 Å². The van der Waals surface area contributed by atoms with Crippen molar-refractivity contribution < 1.29 is 28.5 Å². The molecule has 0 bridgehead atoms. The van der Waals surface area contributed by atoms with Gasteiger partial charge in [-0.05, 0) is 43.2 Å². The number of para-hydroxylation sites is 1. The summed E-state index contributed by atoms with van der Waals surface area (Å²) in [5, 5.41) is 0.